The maximum absolute atomic E-state index is 12.7. The van der Waals surface area contributed by atoms with E-state index in [0.717, 1.165) is 42.1 Å². The molecule has 1 N–H and O–H groups in total. The molecule has 8 heteroatoms. The van der Waals surface area contributed by atoms with Gasteiger partial charge in [-0.05, 0) is 62.7 Å². The minimum atomic E-state index is -0.207. The van der Waals surface area contributed by atoms with E-state index in [-0.39, 0.29) is 17.6 Å². The molecule has 1 amide bonds. The Labute approximate surface area is 196 Å². The number of likely N-dealkylation sites (tertiary alicyclic amines) is 1. The second-order valence-electron chi connectivity index (χ2n) is 8.09. The van der Waals surface area contributed by atoms with Gasteiger partial charge in [-0.1, -0.05) is 52.8 Å². The van der Waals surface area contributed by atoms with Gasteiger partial charge in [-0.15, -0.1) is 10.2 Å². The van der Waals surface area contributed by atoms with Gasteiger partial charge in [-0.3, -0.25) is 14.5 Å². The number of hydrogen-bond acceptors (Lipinski definition) is 6. The van der Waals surface area contributed by atoms with Crippen LogP contribution < -0.4 is 5.32 Å². The average Bonchev–Trinajstić information content (AvgIpc) is 3.28. The van der Waals surface area contributed by atoms with Crippen LogP contribution in [0.25, 0.3) is 0 Å². The molecule has 2 aromatic carbocycles. The molecule has 166 valence electrons. The Bertz CT molecular complexity index is 1070. The summed E-state index contributed by atoms with van der Waals surface area (Å²) >= 11 is 7.24. The van der Waals surface area contributed by atoms with Crippen LogP contribution >= 0.6 is 22.9 Å². The van der Waals surface area contributed by atoms with E-state index in [2.05, 4.69) is 20.4 Å². The van der Waals surface area contributed by atoms with Crippen LogP contribution in [0.2, 0.25) is 5.02 Å². The van der Waals surface area contributed by atoms with E-state index >= 15 is 0 Å². The lowest BCUT2D eigenvalue weighted by Gasteiger charge is -2.30. The van der Waals surface area contributed by atoms with E-state index in [1.807, 2.05) is 31.2 Å². The zero-order valence-corrected chi connectivity index (χ0v) is 19.5. The van der Waals surface area contributed by atoms with Crippen LogP contribution in [-0.4, -0.2) is 39.9 Å². The molecule has 1 aliphatic heterocycles. The van der Waals surface area contributed by atoms with E-state index in [1.165, 1.54) is 16.9 Å². The molecule has 0 aliphatic carbocycles. The Balaban J connectivity index is 1.25. The first-order valence-electron chi connectivity index (χ1n) is 10.7. The van der Waals surface area contributed by atoms with Crippen molar-refractivity contribution in [1.29, 1.82) is 0 Å². The lowest BCUT2D eigenvalue weighted by atomic mass is 9.89. The van der Waals surface area contributed by atoms with Crippen molar-refractivity contribution in [3.63, 3.8) is 0 Å². The molecule has 0 atom stereocenters. The summed E-state index contributed by atoms with van der Waals surface area (Å²) in [4.78, 5) is 27.4. The molecular weight excluding hydrogens is 444 g/mol. The maximum Gasteiger partial charge on any atom is 0.282 e. The molecule has 0 radical (unpaired) electrons. The highest BCUT2D eigenvalue weighted by molar-refractivity contribution is 7.13. The highest BCUT2D eigenvalue weighted by atomic mass is 35.5. The lowest BCUT2D eigenvalue weighted by molar-refractivity contribution is 0.0834. The largest absolute Gasteiger partial charge is 0.346 e. The summed E-state index contributed by atoms with van der Waals surface area (Å²) in [5, 5.41) is 13.0. The summed E-state index contributed by atoms with van der Waals surface area (Å²) < 4.78 is 0. The number of nitrogens with zero attached hydrogens (tertiary/aromatic N) is 3. The molecule has 4 rings (SSSR count). The van der Waals surface area contributed by atoms with Gasteiger partial charge >= 0.3 is 0 Å². The minimum absolute atomic E-state index is 0.0324. The number of amides is 1. The maximum atomic E-state index is 12.7. The zero-order valence-electron chi connectivity index (χ0n) is 17.9. The number of ketones is 1. The smallest absolute Gasteiger partial charge is 0.282 e. The van der Waals surface area contributed by atoms with Gasteiger partial charge in [0.15, 0.2) is 5.78 Å². The van der Waals surface area contributed by atoms with Crippen molar-refractivity contribution >= 4 is 34.6 Å². The molecule has 2 heterocycles. The van der Waals surface area contributed by atoms with Gasteiger partial charge in [-0.25, -0.2) is 0 Å². The van der Waals surface area contributed by atoms with Gasteiger partial charge in [0, 0.05) is 23.0 Å². The Morgan fingerprint density at radius 1 is 1.06 bits per heavy atom. The fourth-order valence-corrected chi connectivity index (χ4v) is 4.69. The van der Waals surface area contributed by atoms with Crippen molar-refractivity contribution in [3.8, 4) is 0 Å². The van der Waals surface area contributed by atoms with E-state index < -0.39 is 0 Å². The van der Waals surface area contributed by atoms with Crippen LogP contribution in [0.1, 0.15) is 49.1 Å². The Hall–Kier alpha value is -2.61. The van der Waals surface area contributed by atoms with Crippen molar-refractivity contribution in [2.24, 2.45) is 5.92 Å². The molecule has 0 unspecified atom stereocenters. The number of benzene rings is 2. The third-order valence-corrected chi connectivity index (χ3v) is 6.84. The van der Waals surface area contributed by atoms with Crippen molar-refractivity contribution in [1.82, 2.24) is 20.4 Å². The Morgan fingerprint density at radius 2 is 1.75 bits per heavy atom. The summed E-state index contributed by atoms with van der Waals surface area (Å²) in [6.07, 6.45) is 1.62. The van der Waals surface area contributed by atoms with Crippen molar-refractivity contribution < 1.29 is 9.59 Å². The molecule has 1 aromatic heterocycles. The van der Waals surface area contributed by atoms with E-state index in [1.54, 1.807) is 24.3 Å². The molecule has 1 fully saturated rings. The summed E-state index contributed by atoms with van der Waals surface area (Å²) in [5.41, 5.74) is 2.95. The molecule has 32 heavy (non-hydrogen) atoms. The summed E-state index contributed by atoms with van der Waals surface area (Å²) in [6.45, 7) is 4.77. The number of hydrogen-bond donors (Lipinski definition) is 1. The fourth-order valence-electron chi connectivity index (χ4n) is 3.77. The van der Waals surface area contributed by atoms with Crippen LogP contribution in [-0.2, 0) is 13.1 Å². The van der Waals surface area contributed by atoms with Crippen LogP contribution in [0.4, 0.5) is 0 Å². The first-order chi connectivity index (χ1) is 15.5. The van der Waals surface area contributed by atoms with Crippen LogP contribution in [0.5, 0.6) is 0 Å². The van der Waals surface area contributed by atoms with Crippen LogP contribution in [0.15, 0.2) is 48.5 Å². The topological polar surface area (TPSA) is 75.2 Å². The van der Waals surface area contributed by atoms with Crippen LogP contribution in [0.3, 0.4) is 0 Å². The second kappa shape index (κ2) is 10.3. The van der Waals surface area contributed by atoms with Crippen molar-refractivity contribution in [3.05, 3.63) is 80.3 Å². The number of aromatic nitrogens is 2. The summed E-state index contributed by atoms with van der Waals surface area (Å²) in [7, 11) is 0. The average molecular weight is 469 g/mol. The van der Waals surface area contributed by atoms with Gasteiger partial charge in [0.05, 0.1) is 6.54 Å². The first-order valence-corrected chi connectivity index (χ1v) is 11.9. The number of Topliss-reactive ketones (excluding diaryl/α,β-unsaturated/α-hetero) is 1. The van der Waals surface area contributed by atoms with E-state index in [0.29, 0.717) is 23.1 Å². The molecule has 0 bridgehead atoms. The van der Waals surface area contributed by atoms with Gasteiger partial charge in [0.25, 0.3) is 5.91 Å². The highest BCUT2D eigenvalue weighted by Gasteiger charge is 2.26. The monoisotopic (exact) mass is 468 g/mol. The summed E-state index contributed by atoms with van der Waals surface area (Å²) in [6, 6.07) is 15.2. The molecule has 0 saturated carbocycles. The third-order valence-electron chi connectivity index (χ3n) is 5.68. The molecule has 1 saturated heterocycles. The van der Waals surface area contributed by atoms with Crippen molar-refractivity contribution in [2.75, 3.05) is 13.1 Å². The van der Waals surface area contributed by atoms with Crippen LogP contribution in [0, 0.1) is 12.8 Å². The standard InChI is InChI=1S/C24H25ClN4O2S/c1-16-2-4-17(5-3-16)14-26-23(31)24-28-27-21(32-24)15-29-12-10-19(11-13-29)22(30)18-6-8-20(25)9-7-18/h2-9,19H,10-15H2,1H3,(H,26,31). The predicted octanol–water partition coefficient (Wildman–Crippen LogP) is 4.52. The zero-order chi connectivity index (χ0) is 22.5. The summed E-state index contributed by atoms with van der Waals surface area (Å²) in [5.74, 6) is 0.0105. The number of halogens is 1. The molecular formula is C24H25ClN4O2S. The molecule has 6 nitrogen and oxygen atoms in total. The molecule has 1 aliphatic rings. The van der Waals surface area contributed by atoms with Gasteiger partial charge in [-0.2, -0.15) is 0 Å². The van der Waals surface area contributed by atoms with E-state index in [4.69, 9.17) is 11.6 Å². The number of nitrogens with one attached hydrogen (secondary N) is 1. The van der Waals surface area contributed by atoms with Gasteiger partial charge in [0.2, 0.25) is 5.01 Å². The fraction of sp³-hybridized carbons (Fsp3) is 0.333. The SMILES string of the molecule is Cc1ccc(CNC(=O)c2nnc(CN3CCC(C(=O)c4ccc(Cl)cc4)CC3)s2)cc1. The number of aryl methyl sites for hydroxylation is 1. The minimum Gasteiger partial charge on any atom is -0.346 e. The Kier molecular flexibility index (Phi) is 7.29. The quantitative estimate of drug-likeness (QED) is 0.516. The molecule has 3 aromatic rings. The lowest BCUT2D eigenvalue weighted by Crippen LogP contribution is -2.35. The van der Waals surface area contributed by atoms with Crippen molar-refractivity contribution in [2.45, 2.75) is 32.9 Å². The molecule has 0 spiro atoms. The predicted molar refractivity (Wildman–Crippen MR) is 126 cm³/mol. The number of carbonyl (C=O) groups is 2. The second-order valence-corrected chi connectivity index (χ2v) is 9.59. The van der Waals surface area contributed by atoms with Gasteiger partial charge < -0.3 is 5.32 Å². The number of rotatable bonds is 7. The Morgan fingerprint density at radius 3 is 2.44 bits per heavy atom. The highest BCUT2D eigenvalue weighted by Crippen LogP contribution is 2.24. The first kappa shape index (κ1) is 22.6. The van der Waals surface area contributed by atoms with Gasteiger partial charge in [0.1, 0.15) is 5.01 Å². The normalized spacial score (nSPS) is 14.9. The number of carbonyl (C=O) groups excluding carboxylic acids is 2. The van der Waals surface area contributed by atoms with E-state index in [9.17, 15) is 9.59 Å². The number of piperidine rings is 1. The third kappa shape index (κ3) is 5.79.